The number of hydroxylamine groups is 2. The van der Waals surface area contributed by atoms with Gasteiger partial charge in [-0.3, -0.25) is 4.84 Å². The molecule has 0 aromatic heterocycles. The molecule has 0 aliphatic carbocycles. The molecular weight excluding hydrogens is 218 g/mol. The van der Waals surface area contributed by atoms with Gasteiger partial charge in [-0.05, 0) is 18.4 Å². The average Bonchev–Trinajstić information content (AvgIpc) is 2.40. The van der Waals surface area contributed by atoms with Crippen molar-refractivity contribution >= 4 is 0 Å². The van der Waals surface area contributed by atoms with Crippen molar-refractivity contribution in [2.24, 2.45) is 0 Å². The molecule has 2 rings (SSSR count). The Balaban J connectivity index is 2.01. The van der Waals surface area contributed by atoms with E-state index in [9.17, 15) is 5.11 Å². The van der Waals surface area contributed by atoms with E-state index in [-0.39, 0.29) is 12.6 Å². The summed E-state index contributed by atoms with van der Waals surface area (Å²) < 4.78 is 0. The van der Waals surface area contributed by atoms with Gasteiger partial charge < -0.3 is 10.2 Å². The number of nitrogens with zero attached hydrogens (tertiary/aromatic N) is 1. The summed E-state index contributed by atoms with van der Waals surface area (Å²) in [6.07, 6.45) is 1.04. The Morgan fingerprint density at radius 3 is 2.82 bits per heavy atom. The van der Waals surface area contributed by atoms with Crippen LogP contribution in [0.1, 0.15) is 18.4 Å². The maximum absolute atomic E-state index is 9.76. The van der Waals surface area contributed by atoms with Crippen LogP contribution in [0.3, 0.4) is 0 Å². The fraction of sp³-hybridized carbons (Fsp3) is 0.538. The molecule has 17 heavy (non-hydrogen) atoms. The first-order chi connectivity index (χ1) is 8.31. The lowest BCUT2D eigenvalue weighted by molar-refractivity contribution is -0.239. The van der Waals surface area contributed by atoms with Crippen molar-refractivity contribution in [1.82, 2.24) is 5.06 Å². The van der Waals surface area contributed by atoms with Crippen LogP contribution in [0.5, 0.6) is 0 Å². The highest BCUT2D eigenvalue weighted by Crippen LogP contribution is 2.20. The van der Waals surface area contributed by atoms with E-state index in [4.69, 9.17) is 9.94 Å². The predicted octanol–water partition coefficient (Wildman–Crippen LogP) is 0.936. The van der Waals surface area contributed by atoms with Crippen molar-refractivity contribution in [3.05, 3.63) is 35.9 Å². The van der Waals surface area contributed by atoms with E-state index in [1.807, 2.05) is 30.3 Å². The van der Waals surface area contributed by atoms with Gasteiger partial charge in [-0.25, -0.2) is 0 Å². The Morgan fingerprint density at radius 1 is 1.35 bits per heavy atom. The maximum atomic E-state index is 9.76. The number of hydrogen-bond acceptors (Lipinski definition) is 4. The van der Waals surface area contributed by atoms with E-state index in [0.29, 0.717) is 13.2 Å². The van der Waals surface area contributed by atoms with Crippen LogP contribution in [0.4, 0.5) is 0 Å². The molecule has 1 fully saturated rings. The van der Waals surface area contributed by atoms with Crippen LogP contribution >= 0.6 is 0 Å². The quantitative estimate of drug-likeness (QED) is 0.818. The second kappa shape index (κ2) is 6.12. The number of aliphatic hydroxyl groups excluding tert-OH is 2. The molecule has 0 amide bonds. The summed E-state index contributed by atoms with van der Waals surface area (Å²) in [6.45, 7) is 1.10. The lowest BCUT2D eigenvalue weighted by Gasteiger charge is -2.36. The summed E-state index contributed by atoms with van der Waals surface area (Å²) in [4.78, 5) is 5.58. The van der Waals surface area contributed by atoms with Crippen LogP contribution in [0, 0.1) is 0 Å². The monoisotopic (exact) mass is 237 g/mol. The number of aliphatic hydroxyl groups is 2. The minimum atomic E-state index is -0.737. The first-order valence-electron chi connectivity index (χ1n) is 6.03. The Hall–Kier alpha value is -0.940. The Kier molecular flexibility index (Phi) is 4.50. The van der Waals surface area contributed by atoms with Crippen LogP contribution in [0.2, 0.25) is 0 Å². The van der Waals surface area contributed by atoms with Crippen LogP contribution in [-0.2, 0) is 11.4 Å². The van der Waals surface area contributed by atoms with Gasteiger partial charge in [0.05, 0.1) is 25.4 Å². The Labute approximate surface area is 101 Å². The largest absolute Gasteiger partial charge is 0.394 e. The third-order valence-electron chi connectivity index (χ3n) is 3.08. The topological polar surface area (TPSA) is 52.9 Å². The molecule has 1 aliphatic rings. The van der Waals surface area contributed by atoms with E-state index in [1.54, 1.807) is 5.06 Å². The zero-order chi connectivity index (χ0) is 12.1. The van der Waals surface area contributed by atoms with Gasteiger partial charge in [0.1, 0.15) is 0 Å². The molecule has 1 aliphatic heterocycles. The van der Waals surface area contributed by atoms with E-state index >= 15 is 0 Å². The summed E-state index contributed by atoms with van der Waals surface area (Å²) >= 11 is 0. The van der Waals surface area contributed by atoms with Crippen molar-refractivity contribution in [2.75, 3.05) is 13.2 Å². The summed E-state index contributed by atoms with van der Waals surface area (Å²) in [5.74, 6) is 0. The van der Waals surface area contributed by atoms with E-state index in [2.05, 4.69) is 0 Å². The van der Waals surface area contributed by atoms with Crippen LogP contribution in [0.15, 0.2) is 30.3 Å². The van der Waals surface area contributed by atoms with Crippen LogP contribution in [0.25, 0.3) is 0 Å². The second-order valence-electron chi connectivity index (χ2n) is 4.35. The van der Waals surface area contributed by atoms with Gasteiger partial charge in [0.15, 0.2) is 0 Å². The summed E-state index contributed by atoms with van der Waals surface area (Å²) in [6, 6.07) is 9.88. The molecule has 0 saturated carbocycles. The third-order valence-corrected chi connectivity index (χ3v) is 3.08. The van der Waals surface area contributed by atoms with Crippen molar-refractivity contribution in [1.29, 1.82) is 0 Å². The molecule has 4 nitrogen and oxygen atoms in total. The van der Waals surface area contributed by atoms with Gasteiger partial charge >= 0.3 is 0 Å². The highest BCUT2D eigenvalue weighted by molar-refractivity contribution is 5.14. The standard InChI is InChI=1S/C13H19NO3/c15-10-13(16)12-7-4-8-17-14(12)9-11-5-2-1-3-6-11/h1-3,5-6,12-13,15-16H,4,7-10H2. The van der Waals surface area contributed by atoms with Gasteiger partial charge in [0.25, 0.3) is 0 Å². The summed E-state index contributed by atoms with van der Waals surface area (Å²) in [5, 5.41) is 20.6. The molecule has 0 bridgehead atoms. The molecule has 2 unspecified atom stereocenters. The van der Waals surface area contributed by atoms with Crippen LogP contribution < -0.4 is 0 Å². The first kappa shape index (κ1) is 12.5. The van der Waals surface area contributed by atoms with E-state index < -0.39 is 6.10 Å². The lowest BCUT2D eigenvalue weighted by Crippen LogP contribution is -2.47. The minimum absolute atomic E-state index is 0.117. The summed E-state index contributed by atoms with van der Waals surface area (Å²) in [5.41, 5.74) is 1.14. The fourth-order valence-electron chi connectivity index (χ4n) is 2.15. The van der Waals surface area contributed by atoms with Crippen molar-refractivity contribution in [3.8, 4) is 0 Å². The van der Waals surface area contributed by atoms with Crippen LogP contribution in [-0.4, -0.2) is 40.6 Å². The molecule has 0 radical (unpaired) electrons. The van der Waals surface area contributed by atoms with Gasteiger partial charge in [-0.1, -0.05) is 30.3 Å². The molecule has 2 atom stereocenters. The summed E-state index contributed by atoms with van der Waals surface area (Å²) in [7, 11) is 0. The lowest BCUT2D eigenvalue weighted by atomic mass is 10.0. The maximum Gasteiger partial charge on any atom is 0.0949 e. The van der Waals surface area contributed by atoms with E-state index in [1.165, 1.54) is 0 Å². The molecule has 94 valence electrons. The zero-order valence-electron chi connectivity index (χ0n) is 9.83. The molecule has 0 spiro atoms. The highest BCUT2D eigenvalue weighted by Gasteiger charge is 2.29. The number of benzene rings is 1. The smallest absolute Gasteiger partial charge is 0.0949 e. The molecule has 2 N–H and O–H groups in total. The molecular formula is C13H19NO3. The van der Waals surface area contributed by atoms with Gasteiger partial charge in [0, 0.05) is 6.54 Å². The van der Waals surface area contributed by atoms with Gasteiger partial charge in [0.2, 0.25) is 0 Å². The van der Waals surface area contributed by atoms with Crippen molar-refractivity contribution in [3.63, 3.8) is 0 Å². The predicted molar refractivity (Wildman–Crippen MR) is 64.1 cm³/mol. The SMILES string of the molecule is OCC(O)C1CCCON1Cc1ccccc1. The highest BCUT2D eigenvalue weighted by atomic mass is 16.7. The van der Waals surface area contributed by atoms with Crippen molar-refractivity contribution in [2.45, 2.75) is 31.5 Å². The molecule has 1 aromatic carbocycles. The molecule has 1 heterocycles. The average molecular weight is 237 g/mol. The molecule has 4 heteroatoms. The minimum Gasteiger partial charge on any atom is -0.394 e. The number of hydrogen-bond donors (Lipinski definition) is 2. The van der Waals surface area contributed by atoms with E-state index in [0.717, 1.165) is 18.4 Å². The molecule has 1 aromatic rings. The first-order valence-corrected chi connectivity index (χ1v) is 6.03. The van der Waals surface area contributed by atoms with Crippen molar-refractivity contribution < 1.29 is 15.1 Å². The number of rotatable bonds is 4. The third kappa shape index (κ3) is 3.26. The van der Waals surface area contributed by atoms with Gasteiger partial charge in [-0.2, -0.15) is 5.06 Å². The molecule has 1 saturated heterocycles. The van der Waals surface area contributed by atoms with Gasteiger partial charge in [-0.15, -0.1) is 0 Å². The normalized spacial score (nSPS) is 23.5. The fourth-order valence-corrected chi connectivity index (χ4v) is 2.15. The second-order valence-corrected chi connectivity index (χ2v) is 4.35. The Bertz CT molecular complexity index is 331. The Morgan fingerprint density at radius 2 is 2.12 bits per heavy atom. The zero-order valence-corrected chi connectivity index (χ0v) is 9.83.